The van der Waals surface area contributed by atoms with Crippen LogP contribution in [0.2, 0.25) is 0 Å². The van der Waals surface area contributed by atoms with Crippen LogP contribution in [-0.2, 0) is 9.53 Å². The monoisotopic (exact) mass is 317 g/mol. The van der Waals surface area contributed by atoms with Gasteiger partial charge in [-0.25, -0.2) is 0 Å². The Labute approximate surface area is 111 Å². The fourth-order valence-electron chi connectivity index (χ4n) is 1.39. The van der Waals surface area contributed by atoms with Crippen molar-refractivity contribution in [3.63, 3.8) is 0 Å². The standard InChI is InChI=1S/C10H11F4NO4S/c1-2-19-10(16)7-20(11,12,13,14)9-5-3-8(4-6-9)15(17)18/h3-6H,2,7H2,1H3. The van der Waals surface area contributed by atoms with Gasteiger partial charge in [0.05, 0.1) is 16.4 Å². The molecule has 0 aliphatic heterocycles. The van der Waals surface area contributed by atoms with Crippen molar-refractivity contribution in [3.8, 4) is 0 Å². The van der Waals surface area contributed by atoms with Gasteiger partial charge in [-0.15, -0.1) is 15.5 Å². The number of halogens is 4. The molecule has 0 saturated heterocycles. The number of nitrogens with zero attached hydrogens (tertiary/aromatic N) is 1. The van der Waals surface area contributed by atoms with Crippen LogP contribution in [0, 0.1) is 10.1 Å². The number of nitro groups is 1. The van der Waals surface area contributed by atoms with Crippen LogP contribution in [0.3, 0.4) is 0 Å². The number of ether oxygens (including phenoxy) is 1. The van der Waals surface area contributed by atoms with Gasteiger partial charge in [0.25, 0.3) is 5.69 Å². The average molecular weight is 317 g/mol. The zero-order valence-electron chi connectivity index (χ0n) is 10.2. The Balaban J connectivity index is 3.23. The minimum atomic E-state index is -8.86. The fourth-order valence-corrected chi connectivity index (χ4v) is 2.86. The first-order chi connectivity index (χ1) is 8.88. The molecule has 0 amide bonds. The van der Waals surface area contributed by atoms with Gasteiger partial charge in [-0.3, -0.25) is 14.9 Å². The van der Waals surface area contributed by atoms with Crippen molar-refractivity contribution in [2.75, 3.05) is 12.4 Å². The van der Waals surface area contributed by atoms with E-state index in [0.29, 0.717) is 12.1 Å². The number of rotatable bonds is 5. The van der Waals surface area contributed by atoms with E-state index < -0.39 is 37.1 Å². The second kappa shape index (κ2) is 4.33. The van der Waals surface area contributed by atoms with E-state index in [0.717, 1.165) is 0 Å². The Bertz CT molecular complexity index is 554. The van der Waals surface area contributed by atoms with Crippen molar-refractivity contribution in [1.82, 2.24) is 0 Å². The van der Waals surface area contributed by atoms with Crippen molar-refractivity contribution < 1.29 is 30.0 Å². The van der Waals surface area contributed by atoms with Gasteiger partial charge in [-0.1, -0.05) is 0 Å². The van der Waals surface area contributed by atoms with E-state index in [-0.39, 0.29) is 18.7 Å². The molecule has 0 radical (unpaired) electrons. The molecule has 20 heavy (non-hydrogen) atoms. The molecular formula is C10H11F4NO4S. The summed E-state index contributed by atoms with van der Waals surface area (Å²) in [5.41, 5.74) is -0.613. The second-order valence-corrected chi connectivity index (χ2v) is 7.18. The Morgan fingerprint density at radius 1 is 1.25 bits per heavy atom. The molecule has 0 spiro atoms. The third kappa shape index (κ3) is 3.59. The zero-order chi connectivity index (χ0) is 15.7. The summed E-state index contributed by atoms with van der Waals surface area (Å²) in [4.78, 5) is 18.7. The van der Waals surface area contributed by atoms with Crippen LogP contribution in [-0.4, -0.2) is 23.3 Å². The molecule has 0 N–H and O–H groups in total. The molecule has 0 aliphatic rings. The van der Waals surface area contributed by atoms with E-state index in [1.165, 1.54) is 6.92 Å². The molecule has 0 fully saturated rings. The average Bonchev–Trinajstić information content (AvgIpc) is 2.27. The van der Waals surface area contributed by atoms with E-state index in [9.17, 15) is 30.5 Å². The minimum absolute atomic E-state index is 0.249. The Hall–Kier alpha value is -1.84. The van der Waals surface area contributed by atoms with E-state index in [4.69, 9.17) is 0 Å². The predicted molar refractivity (Wildman–Crippen MR) is 64.9 cm³/mol. The van der Waals surface area contributed by atoms with Gasteiger partial charge in [0.1, 0.15) is 0 Å². The van der Waals surface area contributed by atoms with Gasteiger partial charge in [0, 0.05) is 12.1 Å². The first kappa shape index (κ1) is 16.2. The summed E-state index contributed by atoms with van der Waals surface area (Å²) in [7, 11) is -8.86. The lowest BCUT2D eigenvalue weighted by molar-refractivity contribution is -0.384. The maximum absolute atomic E-state index is 13.8. The minimum Gasteiger partial charge on any atom is -0.465 e. The first-order valence-corrected chi connectivity index (χ1v) is 7.50. The van der Waals surface area contributed by atoms with Crippen LogP contribution >= 0.6 is 9.84 Å². The fraction of sp³-hybridized carbons (Fsp3) is 0.300. The smallest absolute Gasteiger partial charge is 0.322 e. The number of non-ortho nitro benzene ring substituents is 1. The molecule has 10 heteroatoms. The van der Waals surface area contributed by atoms with Crippen LogP contribution in [0.15, 0.2) is 29.2 Å². The molecule has 1 aromatic rings. The molecule has 0 aromatic heterocycles. The first-order valence-electron chi connectivity index (χ1n) is 5.28. The van der Waals surface area contributed by atoms with Gasteiger partial charge in [-0.05, 0) is 19.1 Å². The van der Waals surface area contributed by atoms with Crippen molar-refractivity contribution in [2.24, 2.45) is 0 Å². The van der Waals surface area contributed by atoms with Gasteiger partial charge in [-0.2, -0.15) is 0 Å². The van der Waals surface area contributed by atoms with Crippen LogP contribution in [0.1, 0.15) is 6.92 Å². The molecule has 5 nitrogen and oxygen atoms in total. The normalized spacial score (nSPS) is 15.1. The Morgan fingerprint density at radius 3 is 2.15 bits per heavy atom. The van der Waals surface area contributed by atoms with E-state index in [2.05, 4.69) is 4.74 Å². The molecule has 0 bridgehead atoms. The maximum atomic E-state index is 13.8. The highest BCUT2D eigenvalue weighted by molar-refractivity contribution is 8.50. The summed E-state index contributed by atoms with van der Waals surface area (Å²) in [5.74, 6) is -4.10. The van der Waals surface area contributed by atoms with Crippen molar-refractivity contribution in [3.05, 3.63) is 34.4 Å². The van der Waals surface area contributed by atoms with Crippen molar-refractivity contribution in [2.45, 2.75) is 11.8 Å². The summed E-state index contributed by atoms with van der Waals surface area (Å²) in [5, 5.41) is 10.4. The van der Waals surface area contributed by atoms with Gasteiger partial charge in [0.2, 0.25) is 0 Å². The molecule has 114 valence electrons. The number of carbonyl (C=O) groups excluding carboxylic acids is 1. The summed E-state index contributed by atoms with van der Waals surface area (Å²) in [6, 6.07) is 1.55. The van der Waals surface area contributed by atoms with Gasteiger partial charge < -0.3 is 4.74 Å². The molecule has 0 aliphatic carbocycles. The van der Waals surface area contributed by atoms with Gasteiger partial charge in [0.15, 0.2) is 15.6 Å². The Morgan fingerprint density at radius 2 is 1.75 bits per heavy atom. The zero-order valence-corrected chi connectivity index (χ0v) is 11.0. The van der Waals surface area contributed by atoms with E-state index in [1.807, 2.05) is 0 Å². The van der Waals surface area contributed by atoms with Crippen LogP contribution in [0.5, 0.6) is 0 Å². The highest BCUT2D eigenvalue weighted by Gasteiger charge is 2.66. The third-order valence-corrected chi connectivity index (χ3v) is 4.42. The van der Waals surface area contributed by atoms with Crippen molar-refractivity contribution >= 4 is 21.5 Å². The molecular weight excluding hydrogens is 306 g/mol. The van der Waals surface area contributed by atoms with Gasteiger partial charge >= 0.3 is 5.97 Å². The summed E-state index contributed by atoms with van der Waals surface area (Å²) in [6.45, 7) is 0.976. The molecule has 0 heterocycles. The number of benzene rings is 1. The SMILES string of the molecule is CCOC(=O)CS(F)(F)(F)(F)c1ccc([N+](=O)[O-])cc1. The predicted octanol–water partition coefficient (Wildman–Crippen LogP) is 3.93. The lowest BCUT2D eigenvalue weighted by atomic mass is 10.3. The van der Waals surface area contributed by atoms with E-state index in [1.54, 1.807) is 0 Å². The Kier molecular flexibility index (Phi) is 3.51. The topological polar surface area (TPSA) is 69.4 Å². The summed E-state index contributed by atoms with van der Waals surface area (Å²) >= 11 is 0. The maximum Gasteiger partial charge on any atom is 0.322 e. The second-order valence-electron chi connectivity index (χ2n) is 3.94. The van der Waals surface area contributed by atoms with Crippen LogP contribution in [0.4, 0.5) is 21.2 Å². The summed E-state index contributed by atoms with van der Waals surface area (Å²) in [6.07, 6.45) is 0. The van der Waals surface area contributed by atoms with Crippen LogP contribution < -0.4 is 0 Å². The molecule has 0 atom stereocenters. The number of carbonyl (C=O) groups is 1. The number of nitro benzene ring substituents is 1. The molecule has 1 aromatic carbocycles. The highest BCUT2D eigenvalue weighted by atomic mass is 32.5. The number of esters is 1. The lowest BCUT2D eigenvalue weighted by Crippen LogP contribution is -2.26. The quantitative estimate of drug-likeness (QED) is 0.357. The van der Waals surface area contributed by atoms with E-state index >= 15 is 0 Å². The highest BCUT2D eigenvalue weighted by Crippen LogP contribution is 3.00. The third-order valence-electron chi connectivity index (χ3n) is 2.28. The molecule has 1 rings (SSSR count). The summed E-state index contributed by atoms with van der Waals surface area (Å²) < 4.78 is 59.1. The number of hydrogen-bond donors (Lipinski definition) is 0. The van der Waals surface area contributed by atoms with Crippen LogP contribution in [0.25, 0.3) is 0 Å². The van der Waals surface area contributed by atoms with Crippen molar-refractivity contribution in [1.29, 1.82) is 0 Å². The number of hydrogen-bond acceptors (Lipinski definition) is 4. The molecule has 0 unspecified atom stereocenters. The molecule has 0 saturated carbocycles. The largest absolute Gasteiger partial charge is 0.465 e. The lowest BCUT2D eigenvalue weighted by Gasteiger charge is -2.48.